The van der Waals surface area contributed by atoms with Gasteiger partial charge in [-0.1, -0.05) is 39.0 Å². The van der Waals surface area contributed by atoms with E-state index in [2.05, 4.69) is 20.8 Å². The van der Waals surface area contributed by atoms with E-state index in [1.54, 1.807) is 12.0 Å². The number of amides is 1. The molecule has 1 heterocycles. The van der Waals surface area contributed by atoms with E-state index >= 15 is 0 Å². The van der Waals surface area contributed by atoms with E-state index in [4.69, 9.17) is 4.74 Å². The summed E-state index contributed by atoms with van der Waals surface area (Å²) < 4.78 is 17.7. The predicted molar refractivity (Wildman–Crippen MR) is 83.3 cm³/mol. The van der Waals surface area contributed by atoms with Crippen molar-refractivity contribution in [2.24, 2.45) is 5.92 Å². The normalized spacial score (nSPS) is 16.8. The highest BCUT2D eigenvalue weighted by Gasteiger charge is 2.37. The number of alkyl halides is 1. The van der Waals surface area contributed by atoms with E-state index in [1.807, 2.05) is 25.1 Å². The maximum atomic E-state index is 12.5. The molecule has 1 amide bonds. The number of fused-ring (bicyclic) bond motifs is 1. The molecule has 1 aliphatic heterocycles. The molecule has 1 aromatic carbocycles. The van der Waals surface area contributed by atoms with Crippen molar-refractivity contribution in [1.29, 1.82) is 0 Å². The number of ether oxygens (including phenoxy) is 1. The van der Waals surface area contributed by atoms with E-state index in [1.165, 1.54) is 0 Å². The summed E-state index contributed by atoms with van der Waals surface area (Å²) >= 11 is 0. The Morgan fingerprint density at radius 3 is 2.48 bits per heavy atom. The van der Waals surface area contributed by atoms with Crippen LogP contribution in [0.2, 0.25) is 0 Å². The van der Waals surface area contributed by atoms with E-state index in [-0.39, 0.29) is 18.5 Å². The number of carbonyl (C=O) groups excluding carboxylic acids is 1. The van der Waals surface area contributed by atoms with Gasteiger partial charge in [0.25, 0.3) is 5.91 Å². The number of halogens is 1. The Morgan fingerprint density at radius 2 is 1.95 bits per heavy atom. The molecular formula is C17H26FNO2. The largest absolute Gasteiger partial charge is 0.382 e. The van der Waals surface area contributed by atoms with Crippen molar-refractivity contribution < 1.29 is 13.9 Å². The quantitative estimate of drug-likeness (QED) is 0.846. The van der Waals surface area contributed by atoms with Crippen LogP contribution in [0.1, 0.15) is 48.3 Å². The molecule has 0 N–H and O–H groups in total. The van der Waals surface area contributed by atoms with Crippen LogP contribution in [-0.4, -0.2) is 37.7 Å². The predicted octanol–water partition coefficient (Wildman–Crippen LogP) is 3.77. The number of nitrogens with zero attached hydrogens (tertiary/aromatic N) is 1. The third kappa shape index (κ3) is 4.27. The van der Waals surface area contributed by atoms with Crippen LogP contribution >= 0.6 is 0 Å². The SMILES string of the molecule is CC(C)C.COCC1c2cccc(C)c2C(=O)N1CCF. The molecule has 0 saturated heterocycles. The lowest BCUT2D eigenvalue weighted by atomic mass is 10.0. The van der Waals surface area contributed by atoms with Gasteiger partial charge in [0.05, 0.1) is 19.2 Å². The minimum absolute atomic E-state index is 0.0854. The average Bonchev–Trinajstić information content (AvgIpc) is 2.66. The Labute approximate surface area is 127 Å². The van der Waals surface area contributed by atoms with Crippen molar-refractivity contribution >= 4 is 5.91 Å². The van der Waals surface area contributed by atoms with Gasteiger partial charge in [-0.2, -0.15) is 0 Å². The Hall–Kier alpha value is -1.42. The molecule has 0 aromatic heterocycles. The van der Waals surface area contributed by atoms with Gasteiger partial charge in [0.15, 0.2) is 0 Å². The van der Waals surface area contributed by atoms with Crippen molar-refractivity contribution in [2.45, 2.75) is 33.7 Å². The molecule has 118 valence electrons. The second kappa shape index (κ2) is 8.13. The summed E-state index contributed by atoms with van der Waals surface area (Å²) in [4.78, 5) is 13.8. The summed E-state index contributed by atoms with van der Waals surface area (Å²) in [6, 6.07) is 5.59. The first kappa shape index (κ1) is 17.6. The van der Waals surface area contributed by atoms with E-state index < -0.39 is 6.67 Å². The molecule has 1 atom stereocenters. The summed E-state index contributed by atoms with van der Waals surface area (Å²) in [5.74, 6) is 0.748. The number of hydrogen-bond donors (Lipinski definition) is 0. The van der Waals surface area contributed by atoms with Crippen LogP contribution in [0.4, 0.5) is 4.39 Å². The van der Waals surface area contributed by atoms with E-state index in [0.29, 0.717) is 12.2 Å². The summed E-state index contributed by atoms with van der Waals surface area (Å²) in [5, 5.41) is 0. The number of carbonyl (C=O) groups is 1. The number of rotatable bonds is 4. The van der Waals surface area contributed by atoms with Crippen molar-refractivity contribution in [3.8, 4) is 0 Å². The highest BCUT2D eigenvalue weighted by Crippen LogP contribution is 2.35. The lowest BCUT2D eigenvalue weighted by molar-refractivity contribution is 0.0582. The third-order valence-corrected chi connectivity index (χ3v) is 3.16. The second-order valence-electron chi connectivity index (χ2n) is 5.93. The third-order valence-electron chi connectivity index (χ3n) is 3.16. The lowest BCUT2D eigenvalue weighted by Gasteiger charge is -2.23. The van der Waals surface area contributed by atoms with Crippen molar-refractivity contribution in [1.82, 2.24) is 4.90 Å². The molecule has 2 rings (SSSR count). The first-order valence-corrected chi connectivity index (χ1v) is 7.39. The van der Waals surface area contributed by atoms with Crippen LogP contribution in [0, 0.1) is 12.8 Å². The van der Waals surface area contributed by atoms with Crippen molar-refractivity contribution in [2.75, 3.05) is 26.9 Å². The second-order valence-corrected chi connectivity index (χ2v) is 5.93. The zero-order valence-corrected chi connectivity index (χ0v) is 13.6. The molecule has 1 aliphatic rings. The fourth-order valence-electron chi connectivity index (χ4n) is 2.40. The molecule has 0 saturated carbocycles. The van der Waals surface area contributed by atoms with Crippen LogP contribution in [-0.2, 0) is 4.74 Å². The minimum Gasteiger partial charge on any atom is -0.382 e. The zero-order chi connectivity index (χ0) is 16.0. The van der Waals surface area contributed by atoms with Crippen LogP contribution in [0.25, 0.3) is 0 Å². The summed E-state index contributed by atoms with van der Waals surface area (Å²) in [6.45, 7) is 8.40. The number of methoxy groups -OCH3 is 1. The van der Waals surface area contributed by atoms with Crippen LogP contribution in [0.5, 0.6) is 0 Å². The molecule has 21 heavy (non-hydrogen) atoms. The fourth-order valence-corrected chi connectivity index (χ4v) is 2.40. The maximum Gasteiger partial charge on any atom is 0.255 e. The summed E-state index contributed by atoms with van der Waals surface area (Å²) in [6.07, 6.45) is 0. The smallest absolute Gasteiger partial charge is 0.255 e. The first-order chi connectivity index (χ1) is 9.93. The molecule has 1 unspecified atom stereocenters. The van der Waals surface area contributed by atoms with Crippen LogP contribution < -0.4 is 0 Å². The number of hydrogen-bond acceptors (Lipinski definition) is 2. The maximum absolute atomic E-state index is 12.5. The molecule has 0 spiro atoms. The van der Waals surface area contributed by atoms with Crippen molar-refractivity contribution in [3.63, 3.8) is 0 Å². The first-order valence-electron chi connectivity index (χ1n) is 7.39. The molecule has 3 nitrogen and oxygen atoms in total. The summed E-state index contributed by atoms with van der Waals surface area (Å²) in [5.41, 5.74) is 2.60. The van der Waals surface area contributed by atoms with Gasteiger partial charge >= 0.3 is 0 Å². The van der Waals surface area contributed by atoms with Gasteiger partial charge in [-0.05, 0) is 24.0 Å². The number of benzene rings is 1. The standard InChI is InChI=1S/C13H16FNO2.C4H10/c1-9-4-3-5-10-11(8-17-2)15(7-6-14)13(16)12(9)10;1-4(2)3/h3-5,11H,6-8H2,1-2H3;4H,1-3H3. The van der Waals surface area contributed by atoms with Crippen molar-refractivity contribution in [3.05, 3.63) is 34.9 Å². The molecule has 0 fully saturated rings. The highest BCUT2D eigenvalue weighted by molar-refractivity contribution is 6.00. The Balaban J connectivity index is 0.000000491. The van der Waals surface area contributed by atoms with Gasteiger partial charge in [-0.15, -0.1) is 0 Å². The lowest BCUT2D eigenvalue weighted by Crippen LogP contribution is -2.32. The monoisotopic (exact) mass is 295 g/mol. The fraction of sp³-hybridized carbons (Fsp3) is 0.588. The Bertz CT molecular complexity index is 471. The number of aryl methyl sites for hydroxylation is 1. The van der Waals surface area contributed by atoms with Gasteiger partial charge in [0.1, 0.15) is 6.67 Å². The van der Waals surface area contributed by atoms with Crippen LogP contribution in [0.15, 0.2) is 18.2 Å². The van der Waals surface area contributed by atoms with E-state index in [9.17, 15) is 9.18 Å². The molecule has 0 bridgehead atoms. The Morgan fingerprint density at radius 1 is 1.33 bits per heavy atom. The zero-order valence-electron chi connectivity index (χ0n) is 13.6. The van der Waals surface area contributed by atoms with Gasteiger partial charge < -0.3 is 9.64 Å². The van der Waals surface area contributed by atoms with Gasteiger partial charge in [-0.25, -0.2) is 4.39 Å². The average molecular weight is 295 g/mol. The molecule has 0 radical (unpaired) electrons. The molecular weight excluding hydrogens is 269 g/mol. The summed E-state index contributed by atoms with van der Waals surface area (Å²) in [7, 11) is 1.59. The Kier molecular flexibility index (Phi) is 6.82. The minimum atomic E-state index is -0.529. The van der Waals surface area contributed by atoms with Gasteiger partial charge in [0, 0.05) is 12.7 Å². The molecule has 4 heteroatoms. The van der Waals surface area contributed by atoms with Crippen LogP contribution in [0.3, 0.4) is 0 Å². The topological polar surface area (TPSA) is 29.5 Å². The van der Waals surface area contributed by atoms with E-state index in [0.717, 1.165) is 17.0 Å². The molecule has 1 aromatic rings. The van der Waals surface area contributed by atoms with Gasteiger partial charge in [-0.3, -0.25) is 4.79 Å². The highest BCUT2D eigenvalue weighted by atomic mass is 19.1. The molecule has 0 aliphatic carbocycles. The van der Waals surface area contributed by atoms with Gasteiger partial charge in [0.2, 0.25) is 0 Å².